The van der Waals surface area contributed by atoms with Crippen molar-refractivity contribution in [3.63, 3.8) is 0 Å². The van der Waals surface area contributed by atoms with Gasteiger partial charge in [0.1, 0.15) is 11.5 Å². The molecule has 1 N–H and O–H groups in total. The Kier molecular flexibility index (Phi) is 7.33. The fraction of sp³-hybridized carbons (Fsp3) is 0.381. The lowest BCUT2D eigenvalue weighted by Gasteiger charge is -2.12. The van der Waals surface area contributed by atoms with Gasteiger partial charge in [0, 0.05) is 6.07 Å². The van der Waals surface area contributed by atoms with Gasteiger partial charge in [0.05, 0.1) is 18.8 Å². The molecule has 0 aliphatic carbocycles. The zero-order valence-electron chi connectivity index (χ0n) is 15.0. The summed E-state index contributed by atoms with van der Waals surface area (Å²) in [6.45, 7) is 5.60. The first-order chi connectivity index (χ1) is 12.1. The molecule has 0 bridgehead atoms. The minimum Gasteiger partial charge on any atom is -0.493 e. The van der Waals surface area contributed by atoms with E-state index in [0.29, 0.717) is 13.2 Å². The molecule has 0 atom stereocenters. The molecule has 4 nitrogen and oxygen atoms in total. The molecule has 2 aromatic rings. The molecule has 0 saturated carbocycles. The van der Waals surface area contributed by atoms with Crippen molar-refractivity contribution in [1.82, 2.24) is 0 Å². The molecule has 0 amide bonds. The van der Waals surface area contributed by atoms with Crippen molar-refractivity contribution in [3.8, 4) is 22.6 Å². The molecule has 134 valence electrons. The minimum absolute atomic E-state index is 0.276. The van der Waals surface area contributed by atoms with Crippen LogP contribution in [-0.4, -0.2) is 24.3 Å². The van der Waals surface area contributed by atoms with E-state index >= 15 is 0 Å². The largest absolute Gasteiger partial charge is 0.493 e. The van der Waals surface area contributed by atoms with Gasteiger partial charge in [-0.15, -0.1) is 0 Å². The Morgan fingerprint density at radius 3 is 1.80 bits per heavy atom. The number of unbranched alkanes of at least 4 members (excludes halogenated alkanes) is 2. The van der Waals surface area contributed by atoms with Crippen molar-refractivity contribution in [2.24, 2.45) is 0 Å². The van der Waals surface area contributed by atoms with Gasteiger partial charge in [0.2, 0.25) is 0 Å². The zero-order chi connectivity index (χ0) is 18.1. The van der Waals surface area contributed by atoms with Gasteiger partial charge in [-0.05, 0) is 48.2 Å². The van der Waals surface area contributed by atoms with E-state index in [4.69, 9.17) is 14.6 Å². The van der Waals surface area contributed by atoms with Gasteiger partial charge in [-0.1, -0.05) is 38.8 Å². The predicted molar refractivity (Wildman–Crippen MR) is 99.6 cm³/mol. The van der Waals surface area contributed by atoms with E-state index in [-0.39, 0.29) is 5.56 Å². The topological polar surface area (TPSA) is 55.8 Å². The van der Waals surface area contributed by atoms with Crippen molar-refractivity contribution in [1.29, 1.82) is 0 Å². The van der Waals surface area contributed by atoms with Crippen LogP contribution >= 0.6 is 0 Å². The molecule has 0 unspecified atom stereocenters. The third-order valence-electron chi connectivity index (χ3n) is 3.88. The third kappa shape index (κ3) is 5.82. The molecule has 2 rings (SSSR count). The van der Waals surface area contributed by atoms with Crippen molar-refractivity contribution in [2.45, 2.75) is 39.5 Å². The quantitative estimate of drug-likeness (QED) is 0.587. The average Bonchev–Trinajstić information content (AvgIpc) is 2.62. The van der Waals surface area contributed by atoms with Crippen molar-refractivity contribution in [2.75, 3.05) is 13.2 Å². The van der Waals surface area contributed by atoms with Crippen LogP contribution in [0, 0.1) is 0 Å². The van der Waals surface area contributed by atoms with E-state index in [2.05, 4.69) is 13.8 Å². The fourth-order valence-electron chi connectivity index (χ4n) is 2.38. The summed E-state index contributed by atoms with van der Waals surface area (Å²) in [6, 6.07) is 12.7. The second-order valence-electron chi connectivity index (χ2n) is 5.98. The molecule has 0 radical (unpaired) electrons. The monoisotopic (exact) mass is 342 g/mol. The SMILES string of the molecule is CCCCOc1cc(OCCCC)cc(-c2ccc(C(=O)O)cc2)c1. The lowest BCUT2D eigenvalue weighted by molar-refractivity contribution is 0.0697. The average molecular weight is 342 g/mol. The number of hydrogen-bond donors (Lipinski definition) is 1. The van der Waals surface area contributed by atoms with Crippen LogP contribution < -0.4 is 9.47 Å². The molecule has 0 aliphatic heterocycles. The highest BCUT2D eigenvalue weighted by molar-refractivity contribution is 5.88. The maximum Gasteiger partial charge on any atom is 0.335 e. The van der Waals surface area contributed by atoms with Gasteiger partial charge in [-0.2, -0.15) is 0 Å². The lowest BCUT2D eigenvalue weighted by Crippen LogP contribution is -2.00. The predicted octanol–water partition coefficient (Wildman–Crippen LogP) is 5.41. The van der Waals surface area contributed by atoms with Crippen LogP contribution in [0.4, 0.5) is 0 Å². The molecule has 0 saturated heterocycles. The van der Waals surface area contributed by atoms with Gasteiger partial charge in [-0.25, -0.2) is 4.79 Å². The van der Waals surface area contributed by atoms with Gasteiger partial charge in [-0.3, -0.25) is 0 Å². The van der Waals surface area contributed by atoms with Crippen LogP contribution in [0.1, 0.15) is 49.9 Å². The first-order valence-electron chi connectivity index (χ1n) is 8.88. The second kappa shape index (κ2) is 9.72. The first-order valence-corrected chi connectivity index (χ1v) is 8.88. The summed E-state index contributed by atoms with van der Waals surface area (Å²) in [6.07, 6.45) is 4.17. The van der Waals surface area contributed by atoms with Crippen molar-refractivity contribution < 1.29 is 19.4 Å². The van der Waals surface area contributed by atoms with Crippen LogP contribution in [-0.2, 0) is 0 Å². The molecule has 0 spiro atoms. The van der Waals surface area contributed by atoms with Gasteiger partial charge >= 0.3 is 5.97 Å². The van der Waals surface area contributed by atoms with E-state index in [1.807, 2.05) is 30.3 Å². The Morgan fingerprint density at radius 2 is 1.36 bits per heavy atom. The Bertz CT molecular complexity index is 649. The number of benzene rings is 2. The number of carboxylic acid groups (broad SMARTS) is 1. The Hall–Kier alpha value is -2.49. The Labute approximate surface area is 149 Å². The van der Waals surface area contributed by atoms with Crippen LogP contribution in [0.2, 0.25) is 0 Å². The number of carbonyl (C=O) groups is 1. The van der Waals surface area contributed by atoms with E-state index in [1.165, 1.54) is 0 Å². The van der Waals surface area contributed by atoms with Crippen LogP contribution in [0.5, 0.6) is 11.5 Å². The molecule has 0 fully saturated rings. The summed E-state index contributed by atoms with van der Waals surface area (Å²) in [5.74, 6) is 0.631. The molecular weight excluding hydrogens is 316 g/mol. The second-order valence-corrected chi connectivity index (χ2v) is 5.98. The van der Waals surface area contributed by atoms with E-state index in [1.54, 1.807) is 12.1 Å². The van der Waals surface area contributed by atoms with E-state index in [0.717, 1.165) is 48.3 Å². The molecule has 0 aromatic heterocycles. The van der Waals surface area contributed by atoms with Gasteiger partial charge < -0.3 is 14.6 Å². The van der Waals surface area contributed by atoms with Gasteiger partial charge in [0.15, 0.2) is 0 Å². The third-order valence-corrected chi connectivity index (χ3v) is 3.88. The van der Waals surface area contributed by atoms with E-state index < -0.39 is 5.97 Å². The summed E-state index contributed by atoms with van der Waals surface area (Å²) in [7, 11) is 0. The Morgan fingerprint density at radius 1 is 0.840 bits per heavy atom. The maximum atomic E-state index is 11.0. The summed E-state index contributed by atoms with van der Waals surface area (Å²) < 4.78 is 11.7. The van der Waals surface area contributed by atoms with Crippen LogP contribution in [0.25, 0.3) is 11.1 Å². The molecule has 0 aliphatic rings. The Balaban J connectivity index is 2.25. The highest BCUT2D eigenvalue weighted by atomic mass is 16.5. The maximum absolute atomic E-state index is 11.0. The highest BCUT2D eigenvalue weighted by Gasteiger charge is 2.08. The minimum atomic E-state index is -0.924. The number of carboxylic acids is 1. The zero-order valence-corrected chi connectivity index (χ0v) is 15.0. The lowest BCUT2D eigenvalue weighted by atomic mass is 10.0. The fourth-order valence-corrected chi connectivity index (χ4v) is 2.38. The van der Waals surface area contributed by atoms with Crippen molar-refractivity contribution in [3.05, 3.63) is 48.0 Å². The smallest absolute Gasteiger partial charge is 0.335 e. The molecule has 4 heteroatoms. The first kappa shape index (κ1) is 18.8. The highest BCUT2D eigenvalue weighted by Crippen LogP contribution is 2.30. The summed E-state index contributed by atoms with van der Waals surface area (Å²) in [5.41, 5.74) is 2.17. The normalized spacial score (nSPS) is 10.5. The molecular formula is C21H26O4. The number of ether oxygens (including phenoxy) is 2. The standard InChI is InChI=1S/C21H26O4/c1-3-5-11-24-19-13-18(14-20(15-19)25-12-6-4-2)16-7-9-17(10-8-16)21(22)23/h7-10,13-15H,3-6,11-12H2,1-2H3,(H,22,23). The number of hydrogen-bond acceptors (Lipinski definition) is 3. The molecule has 2 aromatic carbocycles. The van der Waals surface area contributed by atoms with Crippen LogP contribution in [0.3, 0.4) is 0 Å². The van der Waals surface area contributed by atoms with Crippen molar-refractivity contribution >= 4 is 5.97 Å². The summed E-state index contributed by atoms with van der Waals surface area (Å²) in [4.78, 5) is 11.0. The van der Waals surface area contributed by atoms with Crippen LogP contribution in [0.15, 0.2) is 42.5 Å². The summed E-state index contributed by atoms with van der Waals surface area (Å²) >= 11 is 0. The van der Waals surface area contributed by atoms with E-state index in [9.17, 15) is 4.79 Å². The number of aromatic carboxylic acids is 1. The number of rotatable bonds is 10. The molecule has 0 heterocycles. The van der Waals surface area contributed by atoms with Gasteiger partial charge in [0.25, 0.3) is 0 Å². The molecule has 25 heavy (non-hydrogen) atoms. The summed E-state index contributed by atoms with van der Waals surface area (Å²) in [5, 5.41) is 9.04.